The monoisotopic (exact) mass is 447 g/mol. The third-order valence-electron chi connectivity index (χ3n) is 4.09. The van der Waals surface area contributed by atoms with Gasteiger partial charge in [-0.15, -0.1) is 21.5 Å². The van der Waals surface area contributed by atoms with Crippen LogP contribution >= 0.6 is 34.7 Å². The maximum Gasteiger partial charge on any atom is 0.348 e. The van der Waals surface area contributed by atoms with Crippen LogP contribution in [0.15, 0.2) is 29.4 Å². The lowest BCUT2D eigenvalue weighted by Gasteiger charge is -2.08. The van der Waals surface area contributed by atoms with Crippen molar-refractivity contribution in [3.63, 3.8) is 0 Å². The summed E-state index contributed by atoms with van der Waals surface area (Å²) in [7, 11) is 0. The Bertz CT molecular complexity index is 1070. The number of nitriles is 1. The van der Waals surface area contributed by atoms with Gasteiger partial charge in [-0.1, -0.05) is 23.4 Å². The van der Waals surface area contributed by atoms with E-state index < -0.39 is 5.97 Å². The lowest BCUT2D eigenvalue weighted by atomic mass is 10.2. The van der Waals surface area contributed by atoms with Gasteiger partial charge in [-0.25, -0.2) is 4.79 Å². The standard InChI is InChI=1S/C19H18ClN5O2S2/c1-3-25-17(11-5-7-12(20)8-6-11)23-24-19(25)28-10-14-13(9-21)16(22)29-15(14)18(26)27-4-2/h5-8H,3-4,10,22H2,1-2H3. The number of halogens is 1. The molecule has 0 aliphatic heterocycles. The highest BCUT2D eigenvalue weighted by atomic mass is 35.5. The van der Waals surface area contributed by atoms with E-state index in [4.69, 9.17) is 22.1 Å². The summed E-state index contributed by atoms with van der Waals surface area (Å²) >= 11 is 8.43. The van der Waals surface area contributed by atoms with Gasteiger partial charge in [0.15, 0.2) is 11.0 Å². The van der Waals surface area contributed by atoms with Gasteiger partial charge in [0.05, 0.1) is 12.2 Å². The summed E-state index contributed by atoms with van der Waals surface area (Å²) in [6.07, 6.45) is 0. The number of nitrogen functional groups attached to an aromatic ring is 1. The van der Waals surface area contributed by atoms with Gasteiger partial charge < -0.3 is 15.0 Å². The van der Waals surface area contributed by atoms with Crippen LogP contribution in [0, 0.1) is 11.3 Å². The Hall–Kier alpha value is -2.54. The Labute approximate surface area is 181 Å². The van der Waals surface area contributed by atoms with Crippen molar-refractivity contribution in [3.8, 4) is 17.5 Å². The molecule has 0 spiro atoms. The van der Waals surface area contributed by atoms with Gasteiger partial charge in [0, 0.05) is 28.4 Å². The SMILES string of the molecule is CCOC(=O)c1sc(N)c(C#N)c1CSc1nnc(-c2ccc(Cl)cc2)n1CC. The molecule has 0 unspecified atom stereocenters. The maximum atomic E-state index is 12.3. The molecule has 0 saturated carbocycles. The normalized spacial score (nSPS) is 10.7. The second-order valence-corrected chi connectivity index (χ2v) is 8.26. The molecule has 29 heavy (non-hydrogen) atoms. The van der Waals surface area contributed by atoms with Gasteiger partial charge in [0.2, 0.25) is 0 Å². The van der Waals surface area contributed by atoms with E-state index in [2.05, 4.69) is 16.3 Å². The average molecular weight is 448 g/mol. The van der Waals surface area contributed by atoms with Crippen molar-refractivity contribution in [2.45, 2.75) is 31.3 Å². The zero-order valence-electron chi connectivity index (χ0n) is 15.8. The minimum atomic E-state index is -0.472. The fourth-order valence-corrected chi connectivity index (χ4v) is 4.92. The smallest absolute Gasteiger partial charge is 0.348 e. The van der Waals surface area contributed by atoms with Crippen LogP contribution in [-0.4, -0.2) is 27.3 Å². The zero-order chi connectivity index (χ0) is 21.0. The number of esters is 1. The summed E-state index contributed by atoms with van der Waals surface area (Å²) in [6.45, 7) is 4.64. The number of benzene rings is 1. The molecule has 0 amide bonds. The lowest BCUT2D eigenvalue weighted by Crippen LogP contribution is -2.06. The molecule has 7 nitrogen and oxygen atoms in total. The number of thiophene rings is 1. The highest BCUT2D eigenvalue weighted by Gasteiger charge is 2.24. The van der Waals surface area contributed by atoms with Crippen LogP contribution in [0.1, 0.15) is 34.6 Å². The number of hydrogen-bond acceptors (Lipinski definition) is 8. The van der Waals surface area contributed by atoms with Gasteiger partial charge in [0.25, 0.3) is 0 Å². The highest BCUT2D eigenvalue weighted by molar-refractivity contribution is 7.98. The molecule has 3 aromatic rings. The average Bonchev–Trinajstić information content (AvgIpc) is 3.27. The fourth-order valence-electron chi connectivity index (χ4n) is 2.74. The molecule has 10 heteroatoms. The molecule has 0 aliphatic rings. The van der Waals surface area contributed by atoms with Crippen molar-refractivity contribution in [2.75, 3.05) is 12.3 Å². The van der Waals surface area contributed by atoms with Gasteiger partial charge >= 0.3 is 5.97 Å². The van der Waals surface area contributed by atoms with Crippen molar-refractivity contribution in [1.29, 1.82) is 5.26 Å². The molecule has 0 atom stereocenters. The number of aromatic nitrogens is 3. The molecule has 0 radical (unpaired) electrons. The predicted octanol–water partition coefficient (Wildman–Crippen LogP) is 4.60. The number of rotatable bonds is 7. The Morgan fingerprint density at radius 2 is 2.07 bits per heavy atom. The minimum Gasteiger partial charge on any atom is -0.462 e. The van der Waals surface area contributed by atoms with Crippen LogP contribution in [0.3, 0.4) is 0 Å². The molecular formula is C19H18ClN5O2S2. The van der Waals surface area contributed by atoms with Crippen molar-refractivity contribution >= 4 is 45.7 Å². The summed E-state index contributed by atoms with van der Waals surface area (Å²) in [5.41, 5.74) is 7.72. The first-order valence-electron chi connectivity index (χ1n) is 8.80. The Kier molecular flexibility index (Phi) is 6.79. The highest BCUT2D eigenvalue weighted by Crippen LogP contribution is 2.36. The van der Waals surface area contributed by atoms with E-state index in [-0.39, 0.29) is 6.61 Å². The number of nitrogens with zero attached hydrogens (tertiary/aromatic N) is 4. The number of thioether (sulfide) groups is 1. The first kappa shape index (κ1) is 21.2. The van der Waals surface area contributed by atoms with Crippen LogP contribution in [-0.2, 0) is 17.0 Å². The first-order valence-corrected chi connectivity index (χ1v) is 11.0. The van der Waals surface area contributed by atoms with E-state index in [1.807, 2.05) is 23.6 Å². The predicted molar refractivity (Wildman–Crippen MR) is 115 cm³/mol. The summed E-state index contributed by atoms with van der Waals surface area (Å²) in [4.78, 5) is 12.6. The molecule has 0 fully saturated rings. The molecular weight excluding hydrogens is 430 g/mol. The number of ether oxygens (including phenoxy) is 1. The number of nitrogens with two attached hydrogens (primary N) is 1. The van der Waals surface area contributed by atoms with E-state index in [1.165, 1.54) is 11.8 Å². The molecule has 150 valence electrons. The van der Waals surface area contributed by atoms with Gasteiger partial charge in [0.1, 0.15) is 15.9 Å². The minimum absolute atomic E-state index is 0.250. The van der Waals surface area contributed by atoms with E-state index in [0.717, 1.165) is 22.7 Å². The molecule has 1 aromatic carbocycles. The molecule has 0 aliphatic carbocycles. The summed E-state index contributed by atoms with van der Waals surface area (Å²) in [5, 5.41) is 19.7. The molecule has 0 saturated heterocycles. The number of anilines is 1. The van der Waals surface area contributed by atoms with E-state index >= 15 is 0 Å². The van der Waals surface area contributed by atoms with Crippen molar-refractivity contribution < 1.29 is 9.53 Å². The molecule has 2 N–H and O–H groups in total. The fraction of sp³-hybridized carbons (Fsp3) is 0.263. The van der Waals surface area contributed by atoms with Gasteiger partial charge in [-0.2, -0.15) is 5.26 Å². The third-order valence-corrected chi connectivity index (χ3v) is 6.37. The number of hydrogen-bond donors (Lipinski definition) is 1. The quantitative estimate of drug-likeness (QED) is 0.416. The summed E-state index contributed by atoms with van der Waals surface area (Å²) < 4.78 is 7.08. The van der Waals surface area contributed by atoms with E-state index in [1.54, 1.807) is 19.1 Å². The summed E-state index contributed by atoms with van der Waals surface area (Å²) in [6, 6.07) is 9.47. The Morgan fingerprint density at radius 3 is 2.69 bits per heavy atom. The third kappa shape index (κ3) is 4.40. The van der Waals surface area contributed by atoms with Gasteiger partial charge in [-0.3, -0.25) is 0 Å². The first-order chi connectivity index (χ1) is 14.0. The van der Waals surface area contributed by atoms with E-state index in [0.29, 0.717) is 43.5 Å². The van der Waals surface area contributed by atoms with Crippen LogP contribution in [0.2, 0.25) is 5.02 Å². The van der Waals surface area contributed by atoms with Crippen LogP contribution in [0.4, 0.5) is 5.00 Å². The van der Waals surface area contributed by atoms with Crippen molar-refractivity contribution in [1.82, 2.24) is 14.8 Å². The number of carbonyl (C=O) groups is 1. The van der Waals surface area contributed by atoms with Crippen molar-refractivity contribution in [3.05, 3.63) is 45.3 Å². The Morgan fingerprint density at radius 1 is 1.34 bits per heavy atom. The largest absolute Gasteiger partial charge is 0.462 e. The maximum absolute atomic E-state index is 12.3. The van der Waals surface area contributed by atoms with Crippen LogP contribution in [0.25, 0.3) is 11.4 Å². The second-order valence-electron chi connectivity index (χ2n) is 5.83. The molecule has 2 heterocycles. The number of carbonyl (C=O) groups excluding carboxylic acids is 1. The van der Waals surface area contributed by atoms with Gasteiger partial charge in [-0.05, 0) is 38.1 Å². The van der Waals surface area contributed by atoms with Crippen molar-refractivity contribution in [2.24, 2.45) is 0 Å². The van der Waals surface area contributed by atoms with E-state index in [9.17, 15) is 10.1 Å². The zero-order valence-corrected chi connectivity index (χ0v) is 18.2. The summed E-state index contributed by atoms with van der Waals surface area (Å²) in [5.74, 6) is 0.603. The molecule has 3 rings (SSSR count). The van der Waals surface area contributed by atoms with Crippen LogP contribution < -0.4 is 5.73 Å². The Balaban J connectivity index is 1.90. The lowest BCUT2D eigenvalue weighted by molar-refractivity contribution is 0.0531. The van der Waals surface area contributed by atoms with Crippen LogP contribution in [0.5, 0.6) is 0 Å². The second kappa shape index (κ2) is 9.31. The molecule has 0 bridgehead atoms. The molecule has 2 aromatic heterocycles. The topological polar surface area (TPSA) is 107 Å².